The summed E-state index contributed by atoms with van der Waals surface area (Å²) in [6.45, 7) is 0.131. The van der Waals surface area contributed by atoms with Crippen molar-refractivity contribution < 1.29 is 22.0 Å². The normalized spacial score (nSPS) is 11.1. The summed E-state index contributed by atoms with van der Waals surface area (Å²) in [5.74, 6) is -2.49. The van der Waals surface area contributed by atoms with Gasteiger partial charge < -0.3 is 5.32 Å². The second-order valence-corrected chi connectivity index (χ2v) is 8.26. The lowest BCUT2D eigenvalue weighted by Crippen LogP contribution is -2.29. The Morgan fingerprint density at radius 3 is 2.03 bits per heavy atom. The van der Waals surface area contributed by atoms with Gasteiger partial charge in [-0.15, -0.1) is 0 Å². The minimum atomic E-state index is -3.58. The zero-order valence-electron chi connectivity index (χ0n) is 15.5. The molecule has 0 unspecified atom stereocenters. The predicted octanol–water partition coefficient (Wildman–Crippen LogP) is 4.18. The van der Waals surface area contributed by atoms with E-state index in [1.54, 1.807) is 0 Å². The molecule has 0 heterocycles. The van der Waals surface area contributed by atoms with Crippen molar-refractivity contribution in [1.82, 2.24) is 0 Å². The van der Waals surface area contributed by atoms with E-state index in [1.807, 2.05) is 30.3 Å². The number of amides is 1. The Morgan fingerprint density at radius 1 is 0.897 bits per heavy atom. The molecule has 1 N–H and O–H groups in total. The van der Waals surface area contributed by atoms with Crippen molar-refractivity contribution in [2.24, 2.45) is 0 Å². The maximum absolute atomic E-state index is 13.7. The summed E-state index contributed by atoms with van der Waals surface area (Å²) < 4.78 is 53.1. The maximum Gasteiger partial charge on any atom is 0.255 e. The third-order valence-electron chi connectivity index (χ3n) is 4.19. The van der Waals surface area contributed by atoms with Gasteiger partial charge in [-0.2, -0.15) is 0 Å². The lowest BCUT2D eigenvalue weighted by atomic mass is 10.1. The van der Waals surface area contributed by atoms with Crippen LogP contribution in [0.25, 0.3) is 0 Å². The van der Waals surface area contributed by atoms with Crippen molar-refractivity contribution in [3.63, 3.8) is 0 Å². The fourth-order valence-corrected chi connectivity index (χ4v) is 3.62. The molecule has 0 saturated heterocycles. The average Bonchev–Trinajstić information content (AvgIpc) is 2.69. The van der Waals surface area contributed by atoms with Gasteiger partial charge in [0.05, 0.1) is 18.5 Å². The van der Waals surface area contributed by atoms with E-state index in [0.29, 0.717) is 5.69 Å². The zero-order valence-corrected chi connectivity index (χ0v) is 16.3. The molecule has 0 atom stereocenters. The van der Waals surface area contributed by atoms with E-state index in [2.05, 4.69) is 5.32 Å². The highest BCUT2D eigenvalue weighted by molar-refractivity contribution is 7.92. The van der Waals surface area contributed by atoms with E-state index in [9.17, 15) is 22.0 Å². The predicted molar refractivity (Wildman–Crippen MR) is 108 cm³/mol. The first-order chi connectivity index (χ1) is 13.8. The topological polar surface area (TPSA) is 66.5 Å². The number of anilines is 2. The third kappa shape index (κ3) is 4.97. The monoisotopic (exact) mass is 416 g/mol. The summed E-state index contributed by atoms with van der Waals surface area (Å²) in [5.41, 5.74) is 0.757. The first-order valence-electron chi connectivity index (χ1n) is 8.63. The molecule has 0 bridgehead atoms. The number of nitrogens with zero attached hydrogens (tertiary/aromatic N) is 1. The molecule has 0 spiro atoms. The van der Waals surface area contributed by atoms with Gasteiger partial charge in [0.1, 0.15) is 17.3 Å². The van der Waals surface area contributed by atoms with Crippen LogP contribution < -0.4 is 9.62 Å². The summed E-state index contributed by atoms with van der Waals surface area (Å²) in [5, 5.41) is 2.19. The highest BCUT2D eigenvalue weighted by atomic mass is 32.2. The molecule has 8 heteroatoms. The van der Waals surface area contributed by atoms with Crippen molar-refractivity contribution >= 4 is 27.3 Å². The van der Waals surface area contributed by atoms with E-state index < -0.39 is 33.3 Å². The molecule has 3 rings (SSSR count). The number of halogens is 2. The molecular weight excluding hydrogens is 398 g/mol. The number of carbonyl (C=O) groups excluding carboxylic acids is 1. The summed E-state index contributed by atoms with van der Waals surface area (Å²) in [7, 11) is -3.58. The molecule has 0 fully saturated rings. The molecule has 1 amide bonds. The van der Waals surface area contributed by atoms with Crippen LogP contribution in [0.15, 0.2) is 72.8 Å². The lowest BCUT2D eigenvalue weighted by molar-refractivity contribution is 0.102. The standard InChI is InChI=1S/C21H18F2N2O3S/c1-29(27,28)25(14-15-6-3-2-4-7-15)17-12-10-16(11-13-17)21(26)24-20-18(22)8-5-9-19(20)23/h2-13H,14H2,1H3,(H,24,26). The average molecular weight is 416 g/mol. The van der Waals surface area contributed by atoms with E-state index in [-0.39, 0.29) is 12.1 Å². The Kier molecular flexibility index (Phi) is 5.93. The Balaban J connectivity index is 1.83. The van der Waals surface area contributed by atoms with Gasteiger partial charge in [0.2, 0.25) is 10.0 Å². The van der Waals surface area contributed by atoms with Gasteiger partial charge in [-0.05, 0) is 42.0 Å². The SMILES string of the molecule is CS(=O)(=O)N(Cc1ccccc1)c1ccc(C(=O)Nc2c(F)cccc2F)cc1. The van der Waals surface area contributed by atoms with Crippen molar-refractivity contribution in [2.75, 3.05) is 15.9 Å². The number of hydrogen-bond donors (Lipinski definition) is 1. The summed E-state index contributed by atoms with van der Waals surface area (Å²) >= 11 is 0. The van der Waals surface area contributed by atoms with E-state index in [1.165, 1.54) is 34.6 Å². The van der Waals surface area contributed by atoms with Crippen LogP contribution in [0.3, 0.4) is 0 Å². The third-order valence-corrected chi connectivity index (χ3v) is 5.33. The first kappa shape index (κ1) is 20.5. The Morgan fingerprint density at radius 2 is 1.48 bits per heavy atom. The Labute approximate surface area is 167 Å². The van der Waals surface area contributed by atoms with Gasteiger partial charge in [0.15, 0.2) is 0 Å². The first-order valence-corrected chi connectivity index (χ1v) is 10.5. The second kappa shape index (κ2) is 8.40. The number of hydrogen-bond acceptors (Lipinski definition) is 3. The molecule has 0 aromatic heterocycles. The van der Waals surface area contributed by atoms with Gasteiger partial charge in [0, 0.05) is 5.56 Å². The number of nitrogens with one attached hydrogen (secondary N) is 1. The number of carbonyl (C=O) groups is 1. The minimum Gasteiger partial charge on any atom is -0.317 e. The molecule has 0 aliphatic rings. The van der Waals surface area contributed by atoms with Crippen molar-refractivity contribution in [1.29, 1.82) is 0 Å². The molecule has 0 aliphatic heterocycles. The van der Waals surface area contributed by atoms with Crippen LogP contribution >= 0.6 is 0 Å². The van der Waals surface area contributed by atoms with Gasteiger partial charge in [0.25, 0.3) is 5.91 Å². The smallest absolute Gasteiger partial charge is 0.255 e. The molecular formula is C21H18F2N2O3S. The van der Waals surface area contributed by atoms with E-state index in [4.69, 9.17) is 0 Å². The second-order valence-electron chi connectivity index (χ2n) is 6.35. The van der Waals surface area contributed by atoms with Crippen LogP contribution in [0.2, 0.25) is 0 Å². The molecule has 3 aromatic rings. The van der Waals surface area contributed by atoms with Crippen molar-refractivity contribution in [3.8, 4) is 0 Å². The van der Waals surface area contributed by atoms with Crippen molar-refractivity contribution in [2.45, 2.75) is 6.54 Å². The van der Waals surface area contributed by atoms with Crippen LogP contribution in [0.5, 0.6) is 0 Å². The summed E-state index contributed by atoms with van der Waals surface area (Å²) in [6.07, 6.45) is 1.09. The van der Waals surface area contributed by atoms with Crippen molar-refractivity contribution in [3.05, 3.63) is 95.6 Å². The molecule has 5 nitrogen and oxygen atoms in total. The van der Waals surface area contributed by atoms with Crippen LogP contribution in [0.4, 0.5) is 20.2 Å². The molecule has 3 aromatic carbocycles. The Hall–Kier alpha value is -3.26. The van der Waals surface area contributed by atoms with Crippen LogP contribution in [-0.4, -0.2) is 20.6 Å². The largest absolute Gasteiger partial charge is 0.317 e. The number of para-hydroxylation sites is 1. The van der Waals surface area contributed by atoms with Gasteiger partial charge in [-0.3, -0.25) is 9.10 Å². The van der Waals surface area contributed by atoms with Gasteiger partial charge >= 0.3 is 0 Å². The highest BCUT2D eigenvalue weighted by Gasteiger charge is 2.19. The fraction of sp³-hybridized carbons (Fsp3) is 0.0952. The Bertz CT molecular complexity index is 1100. The molecule has 0 radical (unpaired) electrons. The van der Waals surface area contributed by atoms with Crippen LogP contribution in [0.1, 0.15) is 15.9 Å². The minimum absolute atomic E-state index is 0.129. The maximum atomic E-state index is 13.7. The zero-order chi connectivity index (χ0) is 21.0. The van der Waals surface area contributed by atoms with Crippen LogP contribution in [-0.2, 0) is 16.6 Å². The number of rotatable bonds is 6. The molecule has 0 saturated carbocycles. The molecule has 0 aliphatic carbocycles. The van der Waals surface area contributed by atoms with Gasteiger partial charge in [-0.25, -0.2) is 17.2 Å². The molecule has 150 valence electrons. The number of benzene rings is 3. The van der Waals surface area contributed by atoms with E-state index >= 15 is 0 Å². The fourth-order valence-electron chi connectivity index (χ4n) is 2.73. The number of sulfonamides is 1. The quantitative estimate of drug-likeness (QED) is 0.656. The summed E-state index contributed by atoms with van der Waals surface area (Å²) in [4.78, 5) is 12.3. The molecule has 29 heavy (non-hydrogen) atoms. The lowest BCUT2D eigenvalue weighted by Gasteiger charge is -2.22. The van der Waals surface area contributed by atoms with Gasteiger partial charge in [-0.1, -0.05) is 36.4 Å². The highest BCUT2D eigenvalue weighted by Crippen LogP contribution is 2.23. The van der Waals surface area contributed by atoms with E-state index in [0.717, 1.165) is 24.0 Å². The summed E-state index contributed by atoms with van der Waals surface area (Å²) in [6, 6.07) is 18.1. The van der Waals surface area contributed by atoms with Crippen LogP contribution in [0, 0.1) is 11.6 Å².